The van der Waals surface area contributed by atoms with Crippen LogP contribution in [0.4, 0.5) is 5.69 Å². The summed E-state index contributed by atoms with van der Waals surface area (Å²) in [5.41, 5.74) is 1.93. The smallest absolute Gasteiger partial charge is 0.272 e. The van der Waals surface area contributed by atoms with E-state index in [0.29, 0.717) is 22.5 Å². The predicted molar refractivity (Wildman–Crippen MR) is 87.1 cm³/mol. The second kappa shape index (κ2) is 6.79. The maximum atomic E-state index is 12.2. The molecule has 2 rings (SSSR count). The molecule has 118 valence electrons. The van der Waals surface area contributed by atoms with Crippen LogP contribution < -0.4 is 10.6 Å². The van der Waals surface area contributed by atoms with E-state index < -0.39 is 0 Å². The first-order chi connectivity index (χ1) is 10.9. The van der Waals surface area contributed by atoms with E-state index in [1.165, 1.54) is 6.07 Å². The van der Waals surface area contributed by atoms with Crippen LogP contribution in [-0.2, 0) is 7.05 Å². The lowest BCUT2D eigenvalue weighted by Crippen LogP contribution is -2.30. The van der Waals surface area contributed by atoms with Gasteiger partial charge in [-0.05, 0) is 44.2 Å². The van der Waals surface area contributed by atoms with Crippen LogP contribution in [0.2, 0.25) is 0 Å². The molecule has 2 N–H and O–H groups in total. The summed E-state index contributed by atoms with van der Waals surface area (Å²) in [5, 5.41) is 14.4. The van der Waals surface area contributed by atoms with Gasteiger partial charge in [-0.1, -0.05) is 0 Å². The van der Waals surface area contributed by atoms with Gasteiger partial charge >= 0.3 is 0 Å². The second-order valence-electron chi connectivity index (χ2n) is 5.50. The Morgan fingerprint density at radius 3 is 2.35 bits per heavy atom. The number of aromatic nitrogens is 1. The third-order valence-corrected chi connectivity index (χ3v) is 3.19. The first-order valence-electron chi connectivity index (χ1n) is 7.19. The molecule has 0 atom stereocenters. The van der Waals surface area contributed by atoms with Crippen molar-refractivity contribution in [3.8, 4) is 6.07 Å². The zero-order valence-corrected chi connectivity index (χ0v) is 13.3. The zero-order chi connectivity index (χ0) is 17.0. The highest BCUT2D eigenvalue weighted by molar-refractivity contribution is 6.03. The molecule has 0 spiro atoms. The molecule has 0 saturated carbocycles. The Balaban J connectivity index is 2.08. The minimum Gasteiger partial charge on any atom is -0.350 e. The Morgan fingerprint density at radius 2 is 1.83 bits per heavy atom. The number of nitriles is 1. The van der Waals surface area contributed by atoms with Crippen LogP contribution in [0.15, 0.2) is 36.5 Å². The molecule has 6 heteroatoms. The molecule has 0 saturated heterocycles. The van der Waals surface area contributed by atoms with Gasteiger partial charge in [-0.2, -0.15) is 5.26 Å². The number of aryl methyl sites for hydroxylation is 1. The minimum absolute atomic E-state index is 0.0635. The summed E-state index contributed by atoms with van der Waals surface area (Å²) in [6.45, 7) is 3.78. The number of nitrogens with one attached hydrogen (secondary N) is 2. The highest BCUT2D eigenvalue weighted by Crippen LogP contribution is 2.13. The van der Waals surface area contributed by atoms with Gasteiger partial charge in [-0.3, -0.25) is 9.59 Å². The fourth-order valence-electron chi connectivity index (χ4n) is 2.10. The van der Waals surface area contributed by atoms with E-state index in [9.17, 15) is 9.59 Å². The number of benzene rings is 1. The van der Waals surface area contributed by atoms with Crippen LogP contribution >= 0.6 is 0 Å². The molecule has 0 unspecified atom stereocenters. The number of hydrogen-bond acceptors (Lipinski definition) is 3. The largest absolute Gasteiger partial charge is 0.350 e. The van der Waals surface area contributed by atoms with E-state index >= 15 is 0 Å². The van der Waals surface area contributed by atoms with Gasteiger partial charge in [0.2, 0.25) is 0 Å². The van der Waals surface area contributed by atoms with Crippen molar-refractivity contribution >= 4 is 17.5 Å². The molecule has 6 nitrogen and oxygen atoms in total. The molecule has 0 aliphatic rings. The molecule has 2 aromatic rings. The molecule has 0 aliphatic carbocycles. The van der Waals surface area contributed by atoms with Gasteiger partial charge in [0.05, 0.1) is 5.56 Å². The van der Waals surface area contributed by atoms with Gasteiger partial charge in [-0.25, -0.2) is 0 Å². The standard InChI is InChI=1S/C17H18N4O2/c1-11(2)19-16(22)13-4-6-14(7-5-13)20-17(23)15-8-12(9-18)10-21(15)3/h4-8,10-11H,1-3H3,(H,19,22)(H,20,23). The summed E-state index contributed by atoms with van der Waals surface area (Å²) in [5.74, 6) is -0.465. The molecule has 0 aliphatic heterocycles. The lowest BCUT2D eigenvalue weighted by atomic mass is 10.2. The summed E-state index contributed by atoms with van der Waals surface area (Å²) >= 11 is 0. The summed E-state index contributed by atoms with van der Waals surface area (Å²) in [7, 11) is 1.70. The SMILES string of the molecule is CC(C)NC(=O)c1ccc(NC(=O)c2cc(C#N)cn2C)cc1. The van der Waals surface area contributed by atoms with Crippen molar-refractivity contribution in [2.24, 2.45) is 7.05 Å². The van der Waals surface area contributed by atoms with Crippen LogP contribution in [0.25, 0.3) is 0 Å². The number of amides is 2. The summed E-state index contributed by atoms with van der Waals surface area (Å²) in [4.78, 5) is 24.1. The molecule has 0 radical (unpaired) electrons. The van der Waals surface area contributed by atoms with Crippen molar-refractivity contribution in [2.45, 2.75) is 19.9 Å². The van der Waals surface area contributed by atoms with Crippen molar-refractivity contribution in [2.75, 3.05) is 5.32 Å². The summed E-state index contributed by atoms with van der Waals surface area (Å²) in [6, 6.07) is 10.2. The Hall–Kier alpha value is -3.07. The Bertz CT molecular complexity index is 767. The fourth-order valence-corrected chi connectivity index (χ4v) is 2.10. The molecule has 1 aromatic heterocycles. The molecule has 0 bridgehead atoms. The van der Waals surface area contributed by atoms with Crippen LogP contribution in [-0.4, -0.2) is 22.4 Å². The molecule has 23 heavy (non-hydrogen) atoms. The van der Waals surface area contributed by atoms with Crippen molar-refractivity contribution < 1.29 is 9.59 Å². The molecular formula is C17H18N4O2. The number of carbonyl (C=O) groups excluding carboxylic acids is 2. The van der Waals surface area contributed by atoms with Crippen molar-refractivity contribution in [3.63, 3.8) is 0 Å². The Morgan fingerprint density at radius 1 is 1.17 bits per heavy atom. The highest BCUT2D eigenvalue weighted by atomic mass is 16.2. The van der Waals surface area contributed by atoms with Gasteiger partial charge in [0.15, 0.2) is 0 Å². The van der Waals surface area contributed by atoms with Crippen LogP contribution in [0.5, 0.6) is 0 Å². The number of hydrogen-bond donors (Lipinski definition) is 2. The molecule has 0 fully saturated rings. The van der Waals surface area contributed by atoms with Crippen LogP contribution in [0.1, 0.15) is 40.3 Å². The van der Waals surface area contributed by atoms with E-state index in [1.54, 1.807) is 42.1 Å². The van der Waals surface area contributed by atoms with Gasteiger partial charge < -0.3 is 15.2 Å². The van der Waals surface area contributed by atoms with Crippen LogP contribution in [0, 0.1) is 11.3 Å². The zero-order valence-electron chi connectivity index (χ0n) is 13.3. The fraction of sp³-hybridized carbons (Fsp3) is 0.235. The summed E-state index contributed by atoms with van der Waals surface area (Å²) < 4.78 is 1.60. The first-order valence-corrected chi connectivity index (χ1v) is 7.19. The van der Waals surface area contributed by atoms with Gasteiger partial charge in [-0.15, -0.1) is 0 Å². The first kappa shape index (κ1) is 16.3. The molecular weight excluding hydrogens is 292 g/mol. The van der Waals surface area contributed by atoms with Gasteiger partial charge in [0, 0.05) is 30.5 Å². The summed E-state index contributed by atoms with van der Waals surface area (Å²) in [6.07, 6.45) is 1.59. The Kier molecular flexibility index (Phi) is 4.82. The van der Waals surface area contributed by atoms with Crippen molar-refractivity contribution in [1.29, 1.82) is 5.26 Å². The van der Waals surface area contributed by atoms with E-state index in [1.807, 2.05) is 19.9 Å². The number of nitrogens with zero attached hydrogens (tertiary/aromatic N) is 2. The van der Waals surface area contributed by atoms with Crippen LogP contribution in [0.3, 0.4) is 0 Å². The molecule has 1 aromatic carbocycles. The maximum absolute atomic E-state index is 12.2. The lowest BCUT2D eigenvalue weighted by Gasteiger charge is -2.09. The lowest BCUT2D eigenvalue weighted by molar-refractivity contribution is 0.0942. The van der Waals surface area contributed by atoms with Crippen molar-refractivity contribution in [1.82, 2.24) is 9.88 Å². The van der Waals surface area contributed by atoms with E-state index in [-0.39, 0.29) is 17.9 Å². The Labute approximate surface area is 134 Å². The number of anilines is 1. The van der Waals surface area contributed by atoms with Gasteiger partial charge in [0.1, 0.15) is 11.8 Å². The van der Waals surface area contributed by atoms with E-state index in [2.05, 4.69) is 10.6 Å². The topological polar surface area (TPSA) is 86.9 Å². The number of carbonyl (C=O) groups is 2. The monoisotopic (exact) mass is 310 g/mol. The van der Waals surface area contributed by atoms with E-state index in [4.69, 9.17) is 5.26 Å². The highest BCUT2D eigenvalue weighted by Gasteiger charge is 2.12. The predicted octanol–water partition coefficient (Wildman–Crippen LogP) is 2.29. The van der Waals surface area contributed by atoms with Gasteiger partial charge in [0.25, 0.3) is 11.8 Å². The molecule has 1 heterocycles. The quantitative estimate of drug-likeness (QED) is 0.908. The third-order valence-electron chi connectivity index (χ3n) is 3.19. The average molecular weight is 310 g/mol. The maximum Gasteiger partial charge on any atom is 0.272 e. The molecule has 2 amide bonds. The average Bonchev–Trinajstić information content (AvgIpc) is 2.88. The minimum atomic E-state index is -0.312. The van der Waals surface area contributed by atoms with Crippen molar-refractivity contribution in [3.05, 3.63) is 53.3 Å². The normalized spacial score (nSPS) is 10.2. The number of rotatable bonds is 4. The second-order valence-corrected chi connectivity index (χ2v) is 5.50. The third kappa shape index (κ3) is 3.98. The van der Waals surface area contributed by atoms with E-state index in [0.717, 1.165) is 0 Å².